The number of hydrogen-bond acceptors (Lipinski definition) is 5. The van der Waals surface area contributed by atoms with Crippen molar-refractivity contribution < 1.29 is 23.7 Å². The number of Topliss-reactive ketones (excluding diaryl/α,β-unsaturated/α-hetero) is 1. The summed E-state index contributed by atoms with van der Waals surface area (Å²) in [5.41, 5.74) is 7.41. The highest BCUT2D eigenvalue weighted by Crippen LogP contribution is 2.40. The lowest BCUT2D eigenvalue weighted by molar-refractivity contribution is 0.0922. The molecule has 0 heterocycles. The summed E-state index contributed by atoms with van der Waals surface area (Å²) in [7, 11) is 0. The van der Waals surface area contributed by atoms with Crippen molar-refractivity contribution in [3.8, 4) is 23.0 Å². The van der Waals surface area contributed by atoms with Crippen molar-refractivity contribution in [2.75, 3.05) is 6.61 Å². The molecule has 0 aromatic heterocycles. The minimum absolute atomic E-state index is 0.00743. The molecule has 0 radical (unpaired) electrons. The zero-order valence-corrected chi connectivity index (χ0v) is 28.0. The Labute approximate surface area is 279 Å². The molecule has 5 aromatic rings. The number of carbonyl (C=O) groups is 1. The van der Waals surface area contributed by atoms with Crippen LogP contribution >= 0.6 is 0 Å². The number of hydrogen-bond donors (Lipinski definition) is 0. The number of rotatable bonds is 15. The van der Waals surface area contributed by atoms with Crippen LogP contribution in [0.4, 0.5) is 0 Å². The van der Waals surface area contributed by atoms with E-state index in [1.807, 2.05) is 144 Å². The van der Waals surface area contributed by atoms with Crippen LogP contribution in [0, 0.1) is 26.7 Å². The Kier molecular flexibility index (Phi) is 11.3. The molecule has 1 unspecified atom stereocenters. The molecule has 5 nitrogen and oxygen atoms in total. The van der Waals surface area contributed by atoms with Crippen LogP contribution < -0.4 is 18.9 Å². The molecule has 47 heavy (non-hydrogen) atoms. The average Bonchev–Trinajstić information content (AvgIpc) is 3.11. The molecule has 0 saturated heterocycles. The Bertz CT molecular complexity index is 1760. The normalized spacial score (nSPS) is 11.5. The SMILES string of the molecule is CCOc1c(C)c(C)c(OCc2ccccc2)c(C(=O)C(C)Cc2ccc(OCc3ccccc3)cc2OCc2ccccc2)c1C. The Balaban J connectivity index is 1.43. The van der Waals surface area contributed by atoms with Crippen LogP contribution in [0.2, 0.25) is 0 Å². The van der Waals surface area contributed by atoms with Crippen molar-refractivity contribution in [1.29, 1.82) is 0 Å². The molecule has 0 spiro atoms. The van der Waals surface area contributed by atoms with Crippen molar-refractivity contribution >= 4 is 5.78 Å². The third-order valence-electron chi connectivity index (χ3n) is 8.45. The molecule has 0 amide bonds. The second kappa shape index (κ2) is 16.0. The molecule has 0 bridgehead atoms. The first-order valence-corrected chi connectivity index (χ1v) is 16.3. The Hall–Kier alpha value is -5.03. The highest BCUT2D eigenvalue weighted by Gasteiger charge is 2.28. The van der Waals surface area contributed by atoms with Gasteiger partial charge in [-0.2, -0.15) is 0 Å². The van der Waals surface area contributed by atoms with E-state index < -0.39 is 0 Å². The van der Waals surface area contributed by atoms with Gasteiger partial charge in [0.05, 0.1) is 12.2 Å². The maximum atomic E-state index is 14.4. The zero-order chi connectivity index (χ0) is 33.2. The van der Waals surface area contributed by atoms with Crippen LogP contribution in [0.5, 0.6) is 23.0 Å². The van der Waals surface area contributed by atoms with E-state index in [0.29, 0.717) is 55.7 Å². The van der Waals surface area contributed by atoms with Gasteiger partial charge in [0, 0.05) is 17.5 Å². The Morgan fingerprint density at radius 3 is 1.66 bits per heavy atom. The summed E-state index contributed by atoms with van der Waals surface area (Å²) < 4.78 is 25.0. The van der Waals surface area contributed by atoms with Crippen LogP contribution in [0.25, 0.3) is 0 Å². The van der Waals surface area contributed by atoms with Gasteiger partial charge in [0.1, 0.15) is 42.8 Å². The van der Waals surface area contributed by atoms with Gasteiger partial charge < -0.3 is 18.9 Å². The van der Waals surface area contributed by atoms with E-state index in [1.54, 1.807) is 0 Å². The fourth-order valence-electron chi connectivity index (χ4n) is 5.73. The van der Waals surface area contributed by atoms with Gasteiger partial charge >= 0.3 is 0 Å². The number of ketones is 1. The summed E-state index contributed by atoms with van der Waals surface area (Å²) in [5.74, 6) is 2.43. The van der Waals surface area contributed by atoms with Gasteiger partial charge in [0.2, 0.25) is 0 Å². The third-order valence-corrected chi connectivity index (χ3v) is 8.45. The molecule has 0 aliphatic heterocycles. The van der Waals surface area contributed by atoms with Gasteiger partial charge in [-0.1, -0.05) is 104 Å². The molecular formula is C42H44O5. The lowest BCUT2D eigenvalue weighted by Gasteiger charge is -2.24. The van der Waals surface area contributed by atoms with E-state index in [2.05, 4.69) is 0 Å². The van der Waals surface area contributed by atoms with E-state index in [9.17, 15) is 4.79 Å². The van der Waals surface area contributed by atoms with E-state index in [-0.39, 0.29) is 11.7 Å². The van der Waals surface area contributed by atoms with Crippen LogP contribution in [-0.2, 0) is 26.2 Å². The second-order valence-corrected chi connectivity index (χ2v) is 11.9. The lowest BCUT2D eigenvalue weighted by atomic mass is 9.87. The first kappa shape index (κ1) is 33.3. The zero-order valence-electron chi connectivity index (χ0n) is 28.0. The largest absolute Gasteiger partial charge is 0.493 e. The maximum Gasteiger partial charge on any atom is 0.170 e. The van der Waals surface area contributed by atoms with Gasteiger partial charge in [-0.25, -0.2) is 0 Å². The maximum absolute atomic E-state index is 14.4. The molecule has 5 rings (SSSR count). The Morgan fingerprint density at radius 2 is 1.11 bits per heavy atom. The van der Waals surface area contributed by atoms with Gasteiger partial charge in [0.25, 0.3) is 0 Å². The van der Waals surface area contributed by atoms with Crippen molar-refractivity contribution in [3.63, 3.8) is 0 Å². The average molecular weight is 629 g/mol. The minimum Gasteiger partial charge on any atom is -0.493 e. The molecule has 0 aliphatic carbocycles. The number of ether oxygens (including phenoxy) is 4. The van der Waals surface area contributed by atoms with Gasteiger partial charge in [0.15, 0.2) is 5.78 Å². The summed E-state index contributed by atoms with van der Waals surface area (Å²) >= 11 is 0. The van der Waals surface area contributed by atoms with Crippen molar-refractivity contribution in [1.82, 2.24) is 0 Å². The summed E-state index contributed by atoms with van der Waals surface area (Å²) in [6.07, 6.45) is 0.483. The summed E-state index contributed by atoms with van der Waals surface area (Å²) in [6, 6.07) is 36.0. The van der Waals surface area contributed by atoms with Crippen LogP contribution in [0.1, 0.15) is 63.1 Å². The van der Waals surface area contributed by atoms with Crippen LogP contribution in [0.15, 0.2) is 109 Å². The topological polar surface area (TPSA) is 54.0 Å². The summed E-state index contributed by atoms with van der Waals surface area (Å²) in [4.78, 5) is 14.4. The van der Waals surface area contributed by atoms with Crippen LogP contribution in [-0.4, -0.2) is 12.4 Å². The monoisotopic (exact) mass is 628 g/mol. The molecule has 5 aromatic carbocycles. The molecule has 0 aliphatic rings. The molecule has 0 fully saturated rings. The van der Waals surface area contributed by atoms with E-state index in [4.69, 9.17) is 18.9 Å². The fraction of sp³-hybridized carbons (Fsp3) is 0.262. The quantitative estimate of drug-likeness (QED) is 0.108. The molecule has 1 atom stereocenters. The number of benzene rings is 5. The highest BCUT2D eigenvalue weighted by molar-refractivity contribution is 6.03. The van der Waals surface area contributed by atoms with Crippen molar-refractivity contribution in [2.24, 2.45) is 5.92 Å². The standard InChI is InChI=1S/C42H44O5/c1-6-44-41-30(3)31(4)42(47-28-35-20-14-9-15-21-35)39(32(41)5)40(43)29(2)24-36-22-23-37(45-26-33-16-10-7-11-17-33)25-38(36)46-27-34-18-12-8-13-19-34/h7-23,25,29H,6,24,26-28H2,1-5H3. The first-order chi connectivity index (χ1) is 22.9. The third kappa shape index (κ3) is 8.42. The van der Waals surface area contributed by atoms with Gasteiger partial charge in [-0.15, -0.1) is 0 Å². The Morgan fingerprint density at radius 1 is 0.596 bits per heavy atom. The van der Waals surface area contributed by atoms with Crippen LogP contribution in [0.3, 0.4) is 0 Å². The molecule has 0 saturated carbocycles. The molecular weight excluding hydrogens is 584 g/mol. The predicted octanol–water partition coefficient (Wildman–Crippen LogP) is 9.81. The fourth-order valence-corrected chi connectivity index (χ4v) is 5.73. The van der Waals surface area contributed by atoms with E-state index >= 15 is 0 Å². The minimum atomic E-state index is -0.362. The molecule has 0 N–H and O–H groups in total. The van der Waals surface area contributed by atoms with E-state index in [1.165, 1.54) is 0 Å². The summed E-state index contributed by atoms with van der Waals surface area (Å²) in [5, 5.41) is 0. The van der Waals surface area contributed by atoms with Crippen molar-refractivity contribution in [2.45, 2.75) is 60.9 Å². The van der Waals surface area contributed by atoms with Crippen molar-refractivity contribution in [3.05, 3.63) is 154 Å². The molecule has 5 heteroatoms. The summed E-state index contributed by atoms with van der Waals surface area (Å²) in [6.45, 7) is 11.7. The number of carbonyl (C=O) groups excluding carboxylic acids is 1. The van der Waals surface area contributed by atoms with E-state index in [0.717, 1.165) is 44.7 Å². The van der Waals surface area contributed by atoms with Gasteiger partial charge in [-0.3, -0.25) is 4.79 Å². The first-order valence-electron chi connectivity index (χ1n) is 16.3. The second-order valence-electron chi connectivity index (χ2n) is 11.9. The van der Waals surface area contributed by atoms with Gasteiger partial charge in [-0.05, 0) is 73.6 Å². The smallest absolute Gasteiger partial charge is 0.170 e. The predicted molar refractivity (Wildman–Crippen MR) is 188 cm³/mol. The highest BCUT2D eigenvalue weighted by atomic mass is 16.5. The lowest BCUT2D eigenvalue weighted by Crippen LogP contribution is -2.19. The molecule has 242 valence electrons.